The van der Waals surface area contributed by atoms with E-state index in [2.05, 4.69) is 11.8 Å². The van der Waals surface area contributed by atoms with E-state index in [4.69, 9.17) is 14.2 Å². The van der Waals surface area contributed by atoms with Crippen LogP contribution in [-0.4, -0.2) is 63.3 Å². The number of nitrogens with zero attached hydrogens (tertiary/aromatic N) is 1. The number of hydrogen-bond acceptors (Lipinski definition) is 7. The third-order valence-electron chi connectivity index (χ3n) is 4.35. The van der Waals surface area contributed by atoms with E-state index < -0.39 is 27.9 Å². The van der Waals surface area contributed by atoms with Gasteiger partial charge in [-0.2, -0.15) is 4.31 Å². The number of unbranched alkanes of at least 4 members (excludes halogenated alkanes) is 3. The summed E-state index contributed by atoms with van der Waals surface area (Å²) in [5.41, 5.74) is 0. The van der Waals surface area contributed by atoms with Gasteiger partial charge < -0.3 is 14.2 Å². The van der Waals surface area contributed by atoms with Crippen LogP contribution in [0, 0.1) is 17.7 Å². The van der Waals surface area contributed by atoms with Crippen LogP contribution in [0.3, 0.4) is 0 Å². The van der Waals surface area contributed by atoms with Crippen molar-refractivity contribution in [2.75, 3.05) is 32.6 Å². The summed E-state index contributed by atoms with van der Waals surface area (Å²) in [5.74, 6) is 4.66. The second-order valence-corrected chi connectivity index (χ2v) is 9.23. The fourth-order valence-corrected chi connectivity index (χ4v) is 3.52. The Morgan fingerprint density at radius 3 is 2.39 bits per heavy atom. The van der Waals surface area contributed by atoms with Crippen molar-refractivity contribution in [3.05, 3.63) is 30.1 Å². The molecule has 0 radical (unpaired) electrons. The van der Waals surface area contributed by atoms with E-state index in [1.54, 1.807) is 6.92 Å². The summed E-state index contributed by atoms with van der Waals surface area (Å²) in [4.78, 5) is 22.7. The lowest BCUT2D eigenvalue weighted by Crippen LogP contribution is -2.31. The molecule has 0 aliphatic rings. The van der Waals surface area contributed by atoms with Crippen LogP contribution in [-0.2, 0) is 29.1 Å². The second kappa shape index (κ2) is 15.2. The Morgan fingerprint density at radius 2 is 1.79 bits per heavy atom. The molecule has 1 rings (SSSR count). The highest BCUT2D eigenvalue weighted by Gasteiger charge is 2.15. The average Bonchev–Trinajstić information content (AvgIpc) is 2.73. The van der Waals surface area contributed by atoms with Gasteiger partial charge in [-0.25, -0.2) is 12.8 Å². The Labute approximate surface area is 195 Å². The lowest BCUT2D eigenvalue weighted by Gasteiger charge is -2.17. The zero-order valence-corrected chi connectivity index (χ0v) is 20.2. The van der Waals surface area contributed by atoms with Crippen LogP contribution in [0.4, 0.5) is 4.39 Å². The predicted molar refractivity (Wildman–Crippen MR) is 121 cm³/mol. The van der Waals surface area contributed by atoms with Crippen LogP contribution in [0.25, 0.3) is 0 Å². The van der Waals surface area contributed by atoms with Crippen molar-refractivity contribution < 1.29 is 36.6 Å². The molecule has 0 amide bonds. The number of carbonyl (C=O) groups excluding carboxylic acids is 2. The highest BCUT2D eigenvalue weighted by molar-refractivity contribution is 7.88. The predicted octanol–water partition coefficient (Wildman–Crippen LogP) is 2.91. The van der Waals surface area contributed by atoms with Gasteiger partial charge in [0.25, 0.3) is 0 Å². The summed E-state index contributed by atoms with van der Waals surface area (Å²) in [6.45, 7) is 3.50. The summed E-state index contributed by atoms with van der Waals surface area (Å²) in [7, 11) is -3.48. The van der Waals surface area contributed by atoms with E-state index >= 15 is 0 Å². The van der Waals surface area contributed by atoms with Crippen LogP contribution in [0.1, 0.15) is 46.0 Å². The van der Waals surface area contributed by atoms with Crippen molar-refractivity contribution in [2.24, 2.45) is 0 Å². The first-order valence-electron chi connectivity index (χ1n) is 10.8. The summed E-state index contributed by atoms with van der Waals surface area (Å²) in [6, 6.07) is 5.35. The van der Waals surface area contributed by atoms with E-state index in [0.29, 0.717) is 31.6 Å². The molecule has 0 aliphatic heterocycles. The minimum absolute atomic E-state index is 0.0596. The smallest absolute Gasteiger partial charge is 0.305 e. The third kappa shape index (κ3) is 13.5. The number of rotatable bonds is 14. The maximum absolute atomic E-state index is 13.0. The normalized spacial score (nSPS) is 11.9. The van der Waals surface area contributed by atoms with Gasteiger partial charge in [0.15, 0.2) is 6.10 Å². The van der Waals surface area contributed by atoms with Gasteiger partial charge in [-0.05, 0) is 44.0 Å². The number of halogens is 1. The minimum Gasteiger partial charge on any atom is -0.489 e. The molecule has 0 N–H and O–H groups in total. The summed E-state index contributed by atoms with van der Waals surface area (Å²) in [5, 5.41) is 0. The second-order valence-electron chi connectivity index (χ2n) is 7.25. The van der Waals surface area contributed by atoms with E-state index in [0.717, 1.165) is 19.1 Å². The Hall–Kier alpha value is -2.64. The molecule has 8 nitrogen and oxygen atoms in total. The molecule has 184 valence electrons. The van der Waals surface area contributed by atoms with Gasteiger partial charge in [0.05, 0.1) is 19.4 Å². The first kappa shape index (κ1) is 28.4. The largest absolute Gasteiger partial charge is 0.489 e. The summed E-state index contributed by atoms with van der Waals surface area (Å²) < 4.78 is 53.8. The monoisotopic (exact) mass is 485 g/mol. The molecule has 0 bridgehead atoms. The maximum atomic E-state index is 13.0. The van der Waals surface area contributed by atoms with Crippen molar-refractivity contribution in [3.8, 4) is 17.6 Å². The Morgan fingerprint density at radius 1 is 1.12 bits per heavy atom. The highest BCUT2D eigenvalue weighted by atomic mass is 32.2. The molecular weight excluding hydrogens is 453 g/mol. The average molecular weight is 486 g/mol. The van der Waals surface area contributed by atoms with Crippen molar-refractivity contribution in [1.82, 2.24) is 4.31 Å². The molecule has 1 unspecified atom stereocenters. The molecule has 1 aromatic rings. The minimum atomic E-state index is -3.48. The topological polar surface area (TPSA) is 99.2 Å². The molecule has 10 heteroatoms. The molecule has 1 atom stereocenters. The SMILES string of the molecule is CCOC(=O)CCCCCCN(CC#CC(COc1ccc(F)cc1)OC(C)=O)S(C)(=O)=O. The molecule has 0 spiro atoms. The number of ether oxygens (including phenoxy) is 3. The first-order chi connectivity index (χ1) is 15.6. The molecule has 0 fully saturated rings. The maximum Gasteiger partial charge on any atom is 0.305 e. The Kier molecular flexibility index (Phi) is 13.1. The van der Waals surface area contributed by atoms with Crippen molar-refractivity contribution in [3.63, 3.8) is 0 Å². The van der Waals surface area contributed by atoms with E-state index in [9.17, 15) is 22.4 Å². The van der Waals surface area contributed by atoms with Gasteiger partial charge >= 0.3 is 11.9 Å². The van der Waals surface area contributed by atoms with E-state index in [1.165, 1.54) is 35.5 Å². The van der Waals surface area contributed by atoms with Crippen LogP contribution in [0.5, 0.6) is 5.75 Å². The lowest BCUT2D eigenvalue weighted by molar-refractivity contribution is -0.145. The van der Waals surface area contributed by atoms with Crippen molar-refractivity contribution in [1.29, 1.82) is 0 Å². The van der Waals surface area contributed by atoms with Crippen LogP contribution in [0.2, 0.25) is 0 Å². The molecule has 0 heterocycles. The van der Waals surface area contributed by atoms with Crippen LogP contribution < -0.4 is 4.74 Å². The molecule has 0 aromatic heterocycles. The number of hydrogen-bond donors (Lipinski definition) is 0. The zero-order valence-electron chi connectivity index (χ0n) is 19.3. The summed E-state index contributed by atoms with van der Waals surface area (Å²) >= 11 is 0. The lowest BCUT2D eigenvalue weighted by atomic mass is 10.1. The van der Waals surface area contributed by atoms with Gasteiger partial charge in [-0.3, -0.25) is 9.59 Å². The van der Waals surface area contributed by atoms with E-state index in [1.807, 2.05) is 0 Å². The first-order valence-corrected chi connectivity index (χ1v) is 12.6. The molecule has 0 saturated carbocycles. The molecular formula is C23H32FNO7S. The molecule has 0 saturated heterocycles. The van der Waals surface area contributed by atoms with Gasteiger partial charge in [-0.1, -0.05) is 24.7 Å². The van der Waals surface area contributed by atoms with Gasteiger partial charge in [0, 0.05) is 19.9 Å². The third-order valence-corrected chi connectivity index (χ3v) is 5.60. The Bertz CT molecular complexity index is 907. The number of esters is 2. The van der Waals surface area contributed by atoms with Crippen molar-refractivity contribution >= 4 is 22.0 Å². The molecule has 33 heavy (non-hydrogen) atoms. The van der Waals surface area contributed by atoms with Crippen LogP contribution >= 0.6 is 0 Å². The van der Waals surface area contributed by atoms with Crippen molar-refractivity contribution in [2.45, 2.75) is 52.1 Å². The number of carbonyl (C=O) groups is 2. The van der Waals surface area contributed by atoms with Gasteiger partial charge in [-0.15, -0.1) is 0 Å². The van der Waals surface area contributed by atoms with Crippen LogP contribution in [0.15, 0.2) is 24.3 Å². The standard InChI is InChI=1S/C23H32FNO7S/c1-4-30-23(27)11-7-5-6-8-16-25(33(3,28)29)17-9-10-22(32-19(2)26)18-31-21-14-12-20(24)13-15-21/h12-15,22H,4-8,11,16-18H2,1-3H3. The molecule has 0 aliphatic carbocycles. The number of sulfonamides is 1. The van der Waals surface area contributed by atoms with E-state index in [-0.39, 0.29) is 25.7 Å². The fourth-order valence-electron chi connectivity index (χ4n) is 2.76. The van der Waals surface area contributed by atoms with Gasteiger partial charge in [0.2, 0.25) is 10.0 Å². The number of benzene rings is 1. The quantitative estimate of drug-likeness (QED) is 0.227. The molecule has 1 aromatic carbocycles. The zero-order chi connectivity index (χ0) is 24.7. The fraction of sp³-hybridized carbons (Fsp3) is 0.565. The Balaban J connectivity index is 2.56. The highest BCUT2D eigenvalue weighted by Crippen LogP contribution is 2.12. The summed E-state index contributed by atoms with van der Waals surface area (Å²) in [6.07, 6.45) is 3.42. The van der Waals surface area contributed by atoms with Gasteiger partial charge in [0.1, 0.15) is 18.2 Å².